The highest BCUT2D eigenvalue weighted by Gasteiger charge is 1.93. The van der Waals surface area contributed by atoms with Gasteiger partial charge in [-0.2, -0.15) is 0 Å². The van der Waals surface area contributed by atoms with Gasteiger partial charge >= 0.3 is 0 Å². The lowest BCUT2D eigenvalue weighted by atomic mass is 10.0. The van der Waals surface area contributed by atoms with Crippen LogP contribution in [0.2, 0.25) is 0 Å². The van der Waals surface area contributed by atoms with Crippen LogP contribution in [0.4, 0.5) is 0 Å². The summed E-state index contributed by atoms with van der Waals surface area (Å²) in [6.07, 6.45) is 19.9. The molecule has 120 valence electrons. The van der Waals surface area contributed by atoms with Crippen LogP contribution in [0, 0.1) is 0 Å². The van der Waals surface area contributed by atoms with Crippen molar-refractivity contribution in [2.45, 2.75) is 104 Å². The smallest absolute Gasteiger partial charge is 0.0326 e. The number of unbranched alkanes of at least 4 members (excludes halogenated alkanes) is 10. The molecule has 0 aliphatic carbocycles. The average Bonchev–Trinajstić information content (AvgIpc) is 2.44. The molecule has 0 aliphatic rings. The Morgan fingerprint density at radius 1 is 0.750 bits per heavy atom. The van der Waals surface area contributed by atoms with Crippen molar-refractivity contribution in [2.75, 3.05) is 0 Å². The minimum atomic E-state index is 1.08. The zero-order chi connectivity index (χ0) is 15.5. The fourth-order valence-corrected chi connectivity index (χ4v) is 2.09. The van der Waals surface area contributed by atoms with Crippen LogP contribution in [-0.4, -0.2) is 0 Å². The molecular weight excluding hydrogens is 240 g/mol. The van der Waals surface area contributed by atoms with E-state index >= 15 is 0 Å². The highest BCUT2D eigenvalue weighted by Crippen LogP contribution is 2.12. The summed E-state index contributed by atoms with van der Waals surface area (Å²) < 4.78 is 0. The van der Waals surface area contributed by atoms with E-state index in [-0.39, 0.29) is 0 Å². The van der Waals surface area contributed by atoms with Gasteiger partial charge < -0.3 is 0 Å². The summed E-state index contributed by atoms with van der Waals surface area (Å²) in [5, 5.41) is 0. The minimum Gasteiger partial charge on any atom is -0.103 e. The van der Waals surface area contributed by atoms with Crippen molar-refractivity contribution in [1.29, 1.82) is 0 Å². The third-order valence-corrected chi connectivity index (χ3v) is 3.50. The van der Waals surface area contributed by atoms with Gasteiger partial charge in [0.15, 0.2) is 0 Å². The summed E-state index contributed by atoms with van der Waals surface area (Å²) in [6, 6.07) is 0. The molecule has 0 saturated carbocycles. The van der Waals surface area contributed by atoms with Gasteiger partial charge in [-0.15, -0.1) is 13.2 Å². The molecule has 0 amide bonds. The first-order chi connectivity index (χ1) is 9.68. The maximum atomic E-state index is 3.94. The van der Waals surface area contributed by atoms with E-state index < -0.39 is 0 Å². The van der Waals surface area contributed by atoms with Crippen molar-refractivity contribution in [3.8, 4) is 0 Å². The van der Waals surface area contributed by atoms with Crippen molar-refractivity contribution in [1.82, 2.24) is 0 Å². The second kappa shape index (κ2) is 20.8. The Morgan fingerprint density at radius 3 is 1.40 bits per heavy atom. The van der Waals surface area contributed by atoms with E-state index in [1.165, 1.54) is 82.6 Å². The van der Waals surface area contributed by atoms with Gasteiger partial charge in [0.2, 0.25) is 0 Å². The first kappa shape index (κ1) is 21.8. The second-order valence-corrected chi connectivity index (χ2v) is 5.94. The Morgan fingerprint density at radius 2 is 1.10 bits per heavy atom. The van der Waals surface area contributed by atoms with E-state index in [0.717, 1.165) is 6.42 Å². The topological polar surface area (TPSA) is 0 Å². The monoisotopic (exact) mass is 280 g/mol. The van der Waals surface area contributed by atoms with Gasteiger partial charge in [0, 0.05) is 0 Å². The average molecular weight is 281 g/mol. The van der Waals surface area contributed by atoms with Gasteiger partial charge in [-0.05, 0) is 26.2 Å². The highest BCUT2D eigenvalue weighted by atomic mass is 14.0. The first-order valence-electron chi connectivity index (χ1n) is 8.94. The van der Waals surface area contributed by atoms with Gasteiger partial charge in [0.05, 0.1) is 0 Å². The SMILES string of the molecule is C=C(C)CCCCCCCCCCCCC.C=CCC. The van der Waals surface area contributed by atoms with Crippen LogP contribution >= 0.6 is 0 Å². The molecule has 20 heavy (non-hydrogen) atoms. The van der Waals surface area contributed by atoms with Gasteiger partial charge in [0.25, 0.3) is 0 Å². The van der Waals surface area contributed by atoms with Gasteiger partial charge in [-0.3, -0.25) is 0 Å². The van der Waals surface area contributed by atoms with Crippen LogP contribution < -0.4 is 0 Å². The molecule has 0 unspecified atom stereocenters. The molecule has 0 aromatic rings. The molecule has 0 aliphatic heterocycles. The quantitative estimate of drug-likeness (QED) is 0.238. The summed E-state index contributed by atoms with van der Waals surface area (Å²) >= 11 is 0. The molecule has 0 radical (unpaired) electrons. The molecule has 0 aromatic carbocycles. The third-order valence-electron chi connectivity index (χ3n) is 3.50. The maximum Gasteiger partial charge on any atom is -0.0326 e. The summed E-state index contributed by atoms with van der Waals surface area (Å²) in [6.45, 7) is 13.9. The van der Waals surface area contributed by atoms with E-state index in [1.807, 2.05) is 6.08 Å². The molecule has 0 bridgehead atoms. The Kier molecular flexibility index (Phi) is 22.6. The van der Waals surface area contributed by atoms with Gasteiger partial charge in [-0.1, -0.05) is 89.7 Å². The highest BCUT2D eigenvalue weighted by molar-refractivity contribution is 4.86. The summed E-state index contributed by atoms with van der Waals surface area (Å²) in [5.74, 6) is 0. The zero-order valence-electron chi connectivity index (χ0n) is 14.7. The third kappa shape index (κ3) is 26.1. The van der Waals surface area contributed by atoms with E-state index in [9.17, 15) is 0 Å². The second-order valence-electron chi connectivity index (χ2n) is 5.94. The van der Waals surface area contributed by atoms with E-state index in [2.05, 4.69) is 33.9 Å². The first-order valence-corrected chi connectivity index (χ1v) is 8.94. The van der Waals surface area contributed by atoms with E-state index in [4.69, 9.17) is 0 Å². The maximum absolute atomic E-state index is 3.94. The molecule has 0 atom stereocenters. The van der Waals surface area contributed by atoms with Crippen molar-refractivity contribution in [3.63, 3.8) is 0 Å². The lowest BCUT2D eigenvalue weighted by Gasteiger charge is -2.02. The summed E-state index contributed by atoms with van der Waals surface area (Å²) in [4.78, 5) is 0. The van der Waals surface area contributed by atoms with Crippen LogP contribution in [0.1, 0.15) is 104 Å². The Labute approximate surface area is 129 Å². The Bertz CT molecular complexity index is 190. The van der Waals surface area contributed by atoms with Gasteiger partial charge in [0.1, 0.15) is 0 Å². The molecule has 0 heterocycles. The number of hydrogen-bond acceptors (Lipinski definition) is 0. The van der Waals surface area contributed by atoms with E-state index in [1.54, 1.807) is 0 Å². The van der Waals surface area contributed by atoms with Crippen LogP contribution in [0.5, 0.6) is 0 Å². The normalized spacial score (nSPS) is 9.75. The molecule has 0 aromatic heterocycles. The molecular formula is C20H40. The fourth-order valence-electron chi connectivity index (χ4n) is 2.09. The van der Waals surface area contributed by atoms with Crippen LogP contribution in [0.15, 0.2) is 24.8 Å². The lowest BCUT2D eigenvalue weighted by Crippen LogP contribution is -1.82. The Balaban J connectivity index is 0. The lowest BCUT2D eigenvalue weighted by molar-refractivity contribution is 0.549. The molecule has 0 N–H and O–H groups in total. The molecule has 0 fully saturated rings. The zero-order valence-corrected chi connectivity index (χ0v) is 14.7. The summed E-state index contributed by atoms with van der Waals surface area (Å²) in [5.41, 5.74) is 1.34. The standard InChI is InChI=1S/C16H32.C4H8/c1-4-5-6-7-8-9-10-11-12-13-14-15-16(2)3;1-3-4-2/h2,4-15H2,1,3H3;3H,1,4H2,2H3. The van der Waals surface area contributed by atoms with Crippen molar-refractivity contribution in [2.24, 2.45) is 0 Å². The van der Waals surface area contributed by atoms with Crippen molar-refractivity contribution in [3.05, 3.63) is 24.8 Å². The largest absolute Gasteiger partial charge is 0.103 e. The predicted octanol–water partition coefficient (Wildman–Crippen LogP) is 7.85. The summed E-state index contributed by atoms with van der Waals surface area (Å²) in [7, 11) is 0. The van der Waals surface area contributed by atoms with Crippen molar-refractivity contribution >= 4 is 0 Å². The number of hydrogen-bond donors (Lipinski definition) is 0. The Hall–Kier alpha value is -0.520. The van der Waals surface area contributed by atoms with Crippen LogP contribution in [-0.2, 0) is 0 Å². The van der Waals surface area contributed by atoms with Gasteiger partial charge in [-0.25, -0.2) is 0 Å². The molecule has 0 nitrogen and oxygen atoms in total. The fraction of sp³-hybridized carbons (Fsp3) is 0.800. The van der Waals surface area contributed by atoms with Crippen molar-refractivity contribution < 1.29 is 0 Å². The van der Waals surface area contributed by atoms with E-state index in [0.29, 0.717) is 0 Å². The molecule has 0 heteroatoms. The van der Waals surface area contributed by atoms with Crippen LogP contribution in [0.3, 0.4) is 0 Å². The molecule has 0 saturated heterocycles. The predicted molar refractivity (Wildman–Crippen MR) is 96.4 cm³/mol. The number of rotatable bonds is 13. The molecule has 0 rings (SSSR count). The number of allylic oxidation sites excluding steroid dienone is 2. The minimum absolute atomic E-state index is 1.08. The molecule has 0 spiro atoms. The van der Waals surface area contributed by atoms with Crippen LogP contribution in [0.25, 0.3) is 0 Å².